The molecule has 24 heavy (non-hydrogen) atoms. The van der Waals surface area contributed by atoms with Crippen molar-refractivity contribution in [2.24, 2.45) is 0 Å². The number of rotatable bonds is 3. The van der Waals surface area contributed by atoms with E-state index in [1.165, 1.54) is 26.2 Å². The van der Waals surface area contributed by atoms with E-state index >= 15 is 0 Å². The van der Waals surface area contributed by atoms with E-state index < -0.39 is 27.9 Å². The number of anilines is 1. The van der Waals surface area contributed by atoms with E-state index in [0.717, 1.165) is 15.3 Å². The lowest BCUT2D eigenvalue weighted by Gasteiger charge is -2.22. The molecule has 1 aliphatic rings. The van der Waals surface area contributed by atoms with Gasteiger partial charge < -0.3 is 10.2 Å². The van der Waals surface area contributed by atoms with Gasteiger partial charge in [0.1, 0.15) is 5.75 Å². The Balaban J connectivity index is 2.05. The topological polar surface area (TPSA) is 98.2 Å². The predicted octanol–water partition coefficient (Wildman–Crippen LogP) is 1.29. The van der Waals surface area contributed by atoms with Crippen LogP contribution in [0.5, 0.6) is 5.75 Å². The zero-order valence-corrected chi connectivity index (χ0v) is 13.9. The fourth-order valence-electron chi connectivity index (χ4n) is 2.62. The van der Waals surface area contributed by atoms with Gasteiger partial charge in [-0.1, -0.05) is 18.2 Å². The maximum atomic E-state index is 12.5. The highest BCUT2D eigenvalue weighted by molar-refractivity contribution is 7.89. The standard InChI is InChI=1S/C16H16N2O5S/c1-17(2)24(22,23)10-7-8-13(14(19)9-10)18-15(20)11-5-3-4-6-12(11)16(18)21/h3-9,15,19-20H,1-2H3. The second kappa shape index (κ2) is 5.59. The maximum Gasteiger partial charge on any atom is 0.261 e. The largest absolute Gasteiger partial charge is 0.506 e. The fourth-order valence-corrected chi connectivity index (χ4v) is 3.54. The number of nitrogens with zero attached hydrogens (tertiary/aromatic N) is 2. The Bertz CT molecular complexity index is 924. The molecule has 0 spiro atoms. The third-order valence-electron chi connectivity index (χ3n) is 3.92. The quantitative estimate of drug-likeness (QED) is 0.871. The van der Waals surface area contributed by atoms with E-state index in [1.54, 1.807) is 24.3 Å². The highest BCUT2D eigenvalue weighted by Crippen LogP contribution is 2.40. The summed E-state index contributed by atoms with van der Waals surface area (Å²) in [5.74, 6) is -0.866. The van der Waals surface area contributed by atoms with Gasteiger partial charge in [-0.25, -0.2) is 12.7 Å². The SMILES string of the molecule is CN(C)S(=O)(=O)c1ccc(N2C(=O)c3ccccc3C2O)c(O)c1. The van der Waals surface area contributed by atoms with Gasteiger partial charge in [-0.05, 0) is 18.2 Å². The summed E-state index contributed by atoms with van der Waals surface area (Å²) in [4.78, 5) is 13.4. The van der Waals surface area contributed by atoms with Gasteiger partial charge in [0, 0.05) is 31.3 Å². The molecule has 2 aromatic rings. The van der Waals surface area contributed by atoms with E-state index in [1.807, 2.05) is 0 Å². The summed E-state index contributed by atoms with van der Waals surface area (Å²) in [7, 11) is -0.954. The van der Waals surface area contributed by atoms with Crippen molar-refractivity contribution in [1.29, 1.82) is 0 Å². The highest BCUT2D eigenvalue weighted by Gasteiger charge is 2.37. The highest BCUT2D eigenvalue weighted by atomic mass is 32.2. The van der Waals surface area contributed by atoms with Crippen molar-refractivity contribution in [3.05, 3.63) is 53.6 Å². The van der Waals surface area contributed by atoms with Gasteiger partial charge >= 0.3 is 0 Å². The lowest BCUT2D eigenvalue weighted by atomic mass is 10.1. The number of carbonyl (C=O) groups is 1. The Labute approximate surface area is 139 Å². The summed E-state index contributed by atoms with van der Waals surface area (Å²) in [5, 5.41) is 20.6. The summed E-state index contributed by atoms with van der Waals surface area (Å²) in [6.45, 7) is 0. The van der Waals surface area contributed by atoms with Gasteiger partial charge in [-0.15, -0.1) is 0 Å². The van der Waals surface area contributed by atoms with Crippen molar-refractivity contribution in [3.8, 4) is 5.75 Å². The van der Waals surface area contributed by atoms with Gasteiger partial charge in [-0.2, -0.15) is 0 Å². The van der Waals surface area contributed by atoms with E-state index in [2.05, 4.69) is 0 Å². The van der Waals surface area contributed by atoms with E-state index in [9.17, 15) is 23.4 Å². The van der Waals surface area contributed by atoms with Crippen LogP contribution in [0.3, 0.4) is 0 Å². The summed E-state index contributed by atoms with van der Waals surface area (Å²) in [6.07, 6.45) is -1.24. The molecule has 0 saturated carbocycles. The molecule has 126 valence electrons. The molecule has 1 unspecified atom stereocenters. The van der Waals surface area contributed by atoms with E-state index in [-0.39, 0.29) is 10.6 Å². The summed E-state index contributed by atoms with van der Waals surface area (Å²) < 4.78 is 25.2. The normalized spacial score (nSPS) is 17.4. The Morgan fingerprint density at radius 3 is 2.38 bits per heavy atom. The molecule has 0 aliphatic carbocycles. The number of carbonyl (C=O) groups excluding carboxylic acids is 1. The molecule has 0 aromatic heterocycles. The number of hydrogen-bond acceptors (Lipinski definition) is 5. The van der Waals surface area contributed by atoms with Crippen LogP contribution < -0.4 is 4.90 Å². The lowest BCUT2D eigenvalue weighted by molar-refractivity contribution is 0.0933. The zero-order chi connectivity index (χ0) is 17.6. The number of phenolic OH excluding ortho intramolecular Hbond substituents is 1. The number of aliphatic hydroxyl groups excluding tert-OH is 1. The summed E-state index contributed by atoms with van der Waals surface area (Å²) >= 11 is 0. The average molecular weight is 348 g/mol. The van der Waals surface area contributed by atoms with Crippen molar-refractivity contribution < 1.29 is 23.4 Å². The minimum Gasteiger partial charge on any atom is -0.506 e. The molecule has 1 atom stereocenters. The molecule has 8 heteroatoms. The molecule has 1 aliphatic heterocycles. The number of phenols is 1. The maximum absolute atomic E-state index is 12.5. The number of aliphatic hydroxyl groups is 1. The molecule has 3 rings (SSSR count). The predicted molar refractivity (Wildman–Crippen MR) is 87.2 cm³/mol. The van der Waals surface area contributed by atoms with Crippen molar-refractivity contribution >= 4 is 21.6 Å². The Morgan fingerprint density at radius 2 is 1.79 bits per heavy atom. The van der Waals surface area contributed by atoms with Gasteiger partial charge in [0.05, 0.1) is 10.6 Å². The van der Waals surface area contributed by atoms with Gasteiger partial charge in [0.15, 0.2) is 6.23 Å². The number of fused-ring (bicyclic) bond motifs is 1. The first-order valence-corrected chi connectivity index (χ1v) is 8.55. The number of sulfonamides is 1. The van der Waals surface area contributed by atoms with E-state index in [0.29, 0.717) is 11.1 Å². The molecule has 0 saturated heterocycles. The third-order valence-corrected chi connectivity index (χ3v) is 5.73. The minimum absolute atomic E-state index is 0.0430. The number of hydrogen-bond donors (Lipinski definition) is 2. The molecule has 2 aromatic carbocycles. The van der Waals surface area contributed by atoms with Crippen molar-refractivity contribution in [3.63, 3.8) is 0 Å². The fraction of sp³-hybridized carbons (Fsp3) is 0.188. The van der Waals surface area contributed by atoms with Crippen LogP contribution in [0.4, 0.5) is 5.69 Å². The smallest absolute Gasteiger partial charge is 0.261 e. The molecule has 1 heterocycles. The van der Waals surface area contributed by atoms with E-state index in [4.69, 9.17) is 0 Å². The van der Waals surface area contributed by atoms with Crippen molar-refractivity contribution in [2.45, 2.75) is 11.1 Å². The first-order valence-electron chi connectivity index (χ1n) is 7.11. The third kappa shape index (κ3) is 2.35. The van der Waals surface area contributed by atoms with Crippen LogP contribution in [0.1, 0.15) is 22.1 Å². The lowest BCUT2D eigenvalue weighted by Crippen LogP contribution is -2.28. The number of benzene rings is 2. The van der Waals surface area contributed by atoms with Crippen LogP contribution in [-0.2, 0) is 10.0 Å². The first-order chi connectivity index (χ1) is 11.2. The van der Waals surface area contributed by atoms with Crippen LogP contribution in [-0.4, -0.2) is 42.9 Å². The molecule has 0 bridgehead atoms. The van der Waals surface area contributed by atoms with Crippen LogP contribution in [0, 0.1) is 0 Å². The summed E-state index contributed by atoms with van der Waals surface area (Å²) in [6, 6.07) is 10.2. The molecule has 0 fully saturated rings. The second-order valence-electron chi connectivity index (χ2n) is 5.57. The van der Waals surface area contributed by atoms with Crippen LogP contribution in [0.15, 0.2) is 47.4 Å². The Kier molecular flexibility index (Phi) is 3.83. The zero-order valence-electron chi connectivity index (χ0n) is 13.0. The minimum atomic E-state index is -3.71. The van der Waals surface area contributed by atoms with Crippen molar-refractivity contribution in [2.75, 3.05) is 19.0 Å². The second-order valence-corrected chi connectivity index (χ2v) is 7.73. The molecular weight excluding hydrogens is 332 g/mol. The average Bonchev–Trinajstić information content (AvgIpc) is 2.79. The number of amides is 1. The first kappa shape index (κ1) is 16.4. The molecular formula is C16H16N2O5S. The van der Waals surface area contributed by atoms with Gasteiger partial charge in [0.25, 0.3) is 5.91 Å². The van der Waals surface area contributed by atoms with Crippen LogP contribution >= 0.6 is 0 Å². The monoisotopic (exact) mass is 348 g/mol. The van der Waals surface area contributed by atoms with Crippen LogP contribution in [0.25, 0.3) is 0 Å². The Hall–Kier alpha value is -2.42. The van der Waals surface area contributed by atoms with Gasteiger partial charge in [-0.3, -0.25) is 9.69 Å². The van der Waals surface area contributed by atoms with Crippen molar-refractivity contribution in [1.82, 2.24) is 4.31 Å². The molecule has 2 N–H and O–H groups in total. The molecule has 7 nitrogen and oxygen atoms in total. The Morgan fingerprint density at radius 1 is 1.12 bits per heavy atom. The summed E-state index contributed by atoms with van der Waals surface area (Å²) in [5.41, 5.74) is 0.822. The van der Waals surface area contributed by atoms with Crippen LogP contribution in [0.2, 0.25) is 0 Å². The van der Waals surface area contributed by atoms with Gasteiger partial charge in [0.2, 0.25) is 10.0 Å². The number of aromatic hydroxyl groups is 1. The molecule has 1 amide bonds. The molecule has 0 radical (unpaired) electrons.